The second kappa shape index (κ2) is 9.23. The van der Waals surface area contributed by atoms with Crippen LogP contribution in [0.25, 0.3) is 5.69 Å². The third-order valence-electron chi connectivity index (χ3n) is 4.81. The first kappa shape index (κ1) is 21.6. The fourth-order valence-corrected chi connectivity index (χ4v) is 3.95. The van der Waals surface area contributed by atoms with Gasteiger partial charge >= 0.3 is 0 Å². The van der Waals surface area contributed by atoms with Gasteiger partial charge in [-0.3, -0.25) is 19.0 Å². The highest BCUT2D eigenvalue weighted by Crippen LogP contribution is 2.41. The lowest BCUT2D eigenvalue weighted by molar-refractivity contribution is -0.114. The maximum atomic E-state index is 12.5. The van der Waals surface area contributed by atoms with Gasteiger partial charge in [0.15, 0.2) is 5.16 Å². The number of carbonyl (C=O) groups is 3. The first-order valence-electron chi connectivity index (χ1n) is 10.1. The van der Waals surface area contributed by atoms with Crippen LogP contribution in [0.15, 0.2) is 53.7 Å². The summed E-state index contributed by atoms with van der Waals surface area (Å²) in [7, 11) is 0. The van der Waals surface area contributed by atoms with Crippen molar-refractivity contribution in [2.24, 2.45) is 5.73 Å². The maximum Gasteiger partial charge on any atom is 0.248 e. The van der Waals surface area contributed by atoms with Crippen molar-refractivity contribution >= 4 is 40.9 Å². The van der Waals surface area contributed by atoms with Crippen molar-refractivity contribution in [3.8, 4) is 5.69 Å². The largest absolute Gasteiger partial charge is 0.366 e. The van der Waals surface area contributed by atoms with Gasteiger partial charge in [0.1, 0.15) is 5.82 Å². The molecule has 1 aliphatic rings. The number of hydrogen-bond acceptors (Lipinski definition) is 6. The summed E-state index contributed by atoms with van der Waals surface area (Å²) in [4.78, 5) is 35.0. The Morgan fingerprint density at radius 3 is 2.47 bits per heavy atom. The normalized spacial score (nSPS) is 12.9. The highest BCUT2D eigenvalue weighted by Gasteiger charge is 2.31. The first-order chi connectivity index (χ1) is 15.4. The average molecular weight is 451 g/mol. The molecule has 2 aromatic carbocycles. The monoisotopic (exact) mass is 450 g/mol. The van der Waals surface area contributed by atoms with Crippen molar-refractivity contribution in [1.82, 2.24) is 14.8 Å². The topological polar surface area (TPSA) is 132 Å². The van der Waals surface area contributed by atoms with Crippen LogP contribution in [0.1, 0.15) is 41.9 Å². The van der Waals surface area contributed by atoms with Gasteiger partial charge in [0, 0.05) is 29.8 Å². The van der Waals surface area contributed by atoms with Crippen LogP contribution >= 0.6 is 11.8 Å². The molecule has 4 rings (SSSR count). The summed E-state index contributed by atoms with van der Waals surface area (Å²) in [5, 5.41) is 14.9. The van der Waals surface area contributed by atoms with Gasteiger partial charge in [0.05, 0.1) is 11.4 Å². The van der Waals surface area contributed by atoms with Gasteiger partial charge in [-0.25, -0.2) is 0 Å². The fraction of sp³-hybridized carbons (Fsp3) is 0.227. The molecule has 164 valence electrons. The number of hydrogen-bond donors (Lipinski definition) is 3. The number of rotatable bonds is 8. The molecule has 0 radical (unpaired) electrons. The Morgan fingerprint density at radius 2 is 1.81 bits per heavy atom. The molecule has 0 atom stereocenters. The summed E-state index contributed by atoms with van der Waals surface area (Å²) in [6, 6.07) is 13.8. The van der Waals surface area contributed by atoms with E-state index in [1.54, 1.807) is 24.3 Å². The molecular weight excluding hydrogens is 428 g/mol. The van der Waals surface area contributed by atoms with Crippen molar-refractivity contribution in [2.75, 3.05) is 16.4 Å². The van der Waals surface area contributed by atoms with E-state index < -0.39 is 5.91 Å². The molecule has 1 aliphatic carbocycles. The van der Waals surface area contributed by atoms with Crippen LogP contribution in [-0.4, -0.2) is 38.2 Å². The Morgan fingerprint density at radius 1 is 1.06 bits per heavy atom. The fourth-order valence-electron chi connectivity index (χ4n) is 3.19. The van der Waals surface area contributed by atoms with Crippen molar-refractivity contribution in [3.05, 3.63) is 59.9 Å². The van der Waals surface area contributed by atoms with Crippen molar-refractivity contribution in [2.45, 2.75) is 30.8 Å². The number of amides is 3. The second-order valence-corrected chi connectivity index (χ2v) is 8.40. The summed E-state index contributed by atoms with van der Waals surface area (Å²) in [5.74, 6) is 0.451. The zero-order chi connectivity index (χ0) is 22.7. The summed E-state index contributed by atoms with van der Waals surface area (Å²) >= 11 is 1.28. The van der Waals surface area contributed by atoms with Gasteiger partial charge in [0.2, 0.25) is 17.7 Å². The maximum absolute atomic E-state index is 12.5. The van der Waals surface area contributed by atoms with Crippen LogP contribution in [0.5, 0.6) is 0 Å². The molecule has 0 bridgehead atoms. The number of benzene rings is 2. The first-order valence-corrected chi connectivity index (χ1v) is 11.0. The van der Waals surface area contributed by atoms with E-state index in [2.05, 4.69) is 20.8 Å². The molecule has 1 heterocycles. The van der Waals surface area contributed by atoms with Gasteiger partial charge in [-0.05, 0) is 55.3 Å². The zero-order valence-corrected chi connectivity index (χ0v) is 18.2. The molecular formula is C22H22N6O3S. The van der Waals surface area contributed by atoms with E-state index in [0.29, 0.717) is 28.0 Å². The van der Waals surface area contributed by atoms with E-state index in [1.807, 2.05) is 28.8 Å². The Kier molecular flexibility index (Phi) is 6.22. The van der Waals surface area contributed by atoms with E-state index >= 15 is 0 Å². The number of carbonyl (C=O) groups excluding carboxylic acids is 3. The average Bonchev–Trinajstić information content (AvgIpc) is 3.51. The molecule has 1 fully saturated rings. The lowest BCUT2D eigenvalue weighted by atomic mass is 10.2. The molecule has 10 heteroatoms. The van der Waals surface area contributed by atoms with Crippen LogP contribution in [0, 0.1) is 0 Å². The van der Waals surface area contributed by atoms with Crippen LogP contribution in [0.4, 0.5) is 11.4 Å². The Hall–Kier alpha value is -3.66. The summed E-state index contributed by atoms with van der Waals surface area (Å²) in [6.45, 7) is 1.46. The van der Waals surface area contributed by atoms with Gasteiger partial charge in [-0.2, -0.15) is 0 Å². The van der Waals surface area contributed by atoms with Crippen LogP contribution < -0.4 is 16.4 Å². The predicted molar refractivity (Wildman–Crippen MR) is 122 cm³/mol. The van der Waals surface area contributed by atoms with Crippen molar-refractivity contribution < 1.29 is 14.4 Å². The number of anilines is 2. The second-order valence-electron chi connectivity index (χ2n) is 7.46. The molecule has 3 aromatic rings. The Bertz CT molecular complexity index is 1170. The SMILES string of the molecule is CC(=O)Nc1cccc(-n2c(SCC(=O)Nc3ccc(C(N)=O)cc3)nnc2C2CC2)c1. The number of nitrogens with two attached hydrogens (primary N) is 1. The molecule has 3 amide bonds. The van der Waals surface area contributed by atoms with Crippen LogP contribution in [0.3, 0.4) is 0 Å². The number of nitrogens with one attached hydrogen (secondary N) is 2. The molecule has 32 heavy (non-hydrogen) atoms. The molecule has 4 N–H and O–H groups in total. The van der Waals surface area contributed by atoms with Crippen LogP contribution in [0.2, 0.25) is 0 Å². The third-order valence-corrected chi connectivity index (χ3v) is 5.74. The highest BCUT2D eigenvalue weighted by atomic mass is 32.2. The smallest absolute Gasteiger partial charge is 0.248 e. The summed E-state index contributed by atoms with van der Waals surface area (Å²) < 4.78 is 1.95. The van der Waals surface area contributed by atoms with E-state index in [4.69, 9.17) is 5.73 Å². The minimum atomic E-state index is -0.521. The number of thioether (sulfide) groups is 1. The molecule has 1 aromatic heterocycles. The quantitative estimate of drug-likeness (QED) is 0.452. The highest BCUT2D eigenvalue weighted by molar-refractivity contribution is 7.99. The Balaban J connectivity index is 1.49. The van der Waals surface area contributed by atoms with Crippen LogP contribution in [-0.2, 0) is 9.59 Å². The Labute approximate surface area is 188 Å². The van der Waals surface area contributed by atoms with Gasteiger partial charge in [-0.1, -0.05) is 17.8 Å². The third kappa shape index (κ3) is 5.14. The lowest BCUT2D eigenvalue weighted by Crippen LogP contribution is -2.15. The summed E-state index contributed by atoms with van der Waals surface area (Å²) in [6.07, 6.45) is 2.10. The van der Waals surface area contributed by atoms with Gasteiger partial charge in [0.25, 0.3) is 0 Å². The van der Waals surface area contributed by atoms with Gasteiger partial charge < -0.3 is 16.4 Å². The van der Waals surface area contributed by atoms with E-state index in [1.165, 1.54) is 18.7 Å². The minimum Gasteiger partial charge on any atom is -0.366 e. The summed E-state index contributed by atoms with van der Waals surface area (Å²) in [5.41, 5.74) is 7.69. The zero-order valence-electron chi connectivity index (χ0n) is 17.4. The molecule has 1 saturated carbocycles. The van der Waals surface area contributed by atoms with E-state index in [0.717, 1.165) is 24.4 Å². The van der Waals surface area contributed by atoms with Crippen molar-refractivity contribution in [3.63, 3.8) is 0 Å². The molecule has 9 nitrogen and oxygen atoms in total. The molecule has 0 aliphatic heterocycles. The number of aromatic nitrogens is 3. The van der Waals surface area contributed by atoms with E-state index in [9.17, 15) is 14.4 Å². The molecule has 0 saturated heterocycles. The minimum absolute atomic E-state index is 0.131. The van der Waals surface area contributed by atoms with Gasteiger partial charge in [-0.15, -0.1) is 10.2 Å². The number of nitrogens with zero attached hydrogens (tertiary/aromatic N) is 3. The lowest BCUT2D eigenvalue weighted by Gasteiger charge is -2.12. The van der Waals surface area contributed by atoms with Crippen molar-refractivity contribution in [1.29, 1.82) is 0 Å². The predicted octanol–water partition coefficient (Wildman–Crippen LogP) is 2.93. The standard InChI is InChI=1S/C22H22N6O3S/c1-13(29)24-17-3-2-4-18(11-17)28-21(15-5-6-15)26-27-22(28)32-12-19(30)25-16-9-7-14(8-10-16)20(23)31/h2-4,7-11,15H,5-6,12H2,1H3,(H2,23,31)(H,24,29)(H,25,30). The molecule has 0 spiro atoms. The van der Waals surface area contributed by atoms with E-state index in [-0.39, 0.29) is 17.6 Å². The number of primary amides is 1. The molecule has 0 unspecified atom stereocenters.